The normalized spacial score (nSPS) is 29.0. The first kappa shape index (κ1) is 24.1. The molecule has 3 aliphatic heterocycles. The number of rotatable bonds is 5. The Morgan fingerprint density at radius 1 is 1.00 bits per heavy atom. The van der Waals surface area contributed by atoms with E-state index in [1.807, 2.05) is 49.4 Å². The molecule has 4 atom stereocenters. The van der Waals surface area contributed by atoms with Gasteiger partial charge in [-0.05, 0) is 68.5 Å². The zero-order valence-electron chi connectivity index (χ0n) is 21.7. The molecule has 39 heavy (non-hydrogen) atoms. The topological polar surface area (TPSA) is 96.7 Å². The van der Waals surface area contributed by atoms with Crippen molar-refractivity contribution in [2.75, 3.05) is 11.5 Å². The number of nitriles is 1. The fourth-order valence-electron chi connectivity index (χ4n) is 7.48. The summed E-state index contributed by atoms with van der Waals surface area (Å²) >= 11 is 0. The summed E-state index contributed by atoms with van der Waals surface area (Å²) in [7, 11) is 0. The number of nitrogens with zero attached hydrogens (tertiary/aromatic N) is 2. The molecule has 2 amide bonds. The van der Waals surface area contributed by atoms with Crippen LogP contribution in [0.4, 0.5) is 5.69 Å². The second kappa shape index (κ2) is 8.49. The van der Waals surface area contributed by atoms with Gasteiger partial charge in [-0.25, -0.2) is 4.90 Å². The molecule has 3 saturated heterocycles. The first-order valence-corrected chi connectivity index (χ1v) is 13.6. The van der Waals surface area contributed by atoms with Crippen LogP contribution in [0.2, 0.25) is 0 Å². The maximum atomic E-state index is 14.0. The van der Waals surface area contributed by atoms with Gasteiger partial charge in [-0.1, -0.05) is 24.3 Å². The Hall–Kier alpha value is -4.02. The minimum atomic E-state index is -0.770. The number of benzene rings is 3. The molecule has 2 bridgehead atoms. The van der Waals surface area contributed by atoms with Crippen LogP contribution in [-0.2, 0) is 20.7 Å². The molecule has 4 aliphatic rings. The smallest absolute Gasteiger partial charge is 0.240 e. The Morgan fingerprint density at radius 3 is 2.62 bits per heavy atom. The number of carbonyl (C=O) groups excluding carboxylic acids is 3. The third-order valence-electron chi connectivity index (χ3n) is 9.30. The molecule has 0 unspecified atom stereocenters. The lowest BCUT2D eigenvalue weighted by molar-refractivity contribution is -0.131. The van der Waals surface area contributed by atoms with Gasteiger partial charge in [0.2, 0.25) is 11.8 Å². The van der Waals surface area contributed by atoms with Gasteiger partial charge in [0, 0.05) is 29.2 Å². The van der Waals surface area contributed by atoms with E-state index in [0.717, 1.165) is 29.4 Å². The predicted octanol–water partition coefficient (Wildman–Crippen LogP) is 5.13. The number of ketones is 1. The van der Waals surface area contributed by atoms with Crippen LogP contribution in [0.5, 0.6) is 5.75 Å². The van der Waals surface area contributed by atoms with Crippen LogP contribution in [0, 0.1) is 23.2 Å². The minimum absolute atomic E-state index is 0.182. The Balaban J connectivity index is 1.17. The number of hydrogen-bond donors (Lipinski definition) is 0. The summed E-state index contributed by atoms with van der Waals surface area (Å²) in [5.74, 6) is -0.721. The van der Waals surface area contributed by atoms with Gasteiger partial charge in [0.05, 0.1) is 47.0 Å². The van der Waals surface area contributed by atoms with Gasteiger partial charge in [0.1, 0.15) is 5.75 Å². The zero-order valence-corrected chi connectivity index (χ0v) is 21.7. The first-order valence-electron chi connectivity index (χ1n) is 13.6. The quantitative estimate of drug-likeness (QED) is 0.433. The highest BCUT2D eigenvalue weighted by Gasteiger charge is 2.73. The van der Waals surface area contributed by atoms with Crippen molar-refractivity contribution in [1.29, 1.82) is 5.26 Å². The van der Waals surface area contributed by atoms with Gasteiger partial charge in [-0.2, -0.15) is 5.26 Å². The molecule has 7 heteroatoms. The van der Waals surface area contributed by atoms with E-state index in [-0.39, 0.29) is 17.6 Å². The SMILES string of the molecule is C[C@]12CC[C@](CCOc3ccc4c(c3)CCCC4=O)(O1)[C@@H]1C(=O)N(c3ccc(C#N)c4ccccc34)C(=O)[C@@H]12. The monoisotopic (exact) mass is 520 g/mol. The Kier molecular flexibility index (Phi) is 5.24. The van der Waals surface area contributed by atoms with Gasteiger partial charge in [0.15, 0.2) is 5.78 Å². The molecular weight excluding hydrogens is 492 g/mol. The second-order valence-corrected chi connectivity index (χ2v) is 11.4. The number of fused-ring (bicyclic) bond motifs is 7. The number of amides is 2. The van der Waals surface area contributed by atoms with E-state index >= 15 is 0 Å². The summed E-state index contributed by atoms with van der Waals surface area (Å²) in [5.41, 5.74) is 1.35. The number of hydrogen-bond acceptors (Lipinski definition) is 6. The van der Waals surface area contributed by atoms with Crippen molar-refractivity contribution < 1.29 is 23.9 Å². The molecule has 3 fully saturated rings. The number of Topliss-reactive ketones (excluding diaryl/α,β-unsaturated/α-hetero) is 1. The summed E-state index contributed by atoms with van der Waals surface area (Å²) in [5, 5.41) is 11.0. The van der Waals surface area contributed by atoms with Crippen molar-refractivity contribution in [2.24, 2.45) is 11.8 Å². The molecule has 1 aliphatic carbocycles. The molecule has 0 spiro atoms. The van der Waals surface area contributed by atoms with Gasteiger partial charge in [0.25, 0.3) is 0 Å². The van der Waals surface area contributed by atoms with E-state index in [1.54, 1.807) is 12.1 Å². The number of aryl methyl sites for hydroxylation is 1. The van der Waals surface area contributed by atoms with Gasteiger partial charge < -0.3 is 9.47 Å². The molecule has 7 rings (SSSR count). The number of anilines is 1. The lowest BCUT2D eigenvalue weighted by Gasteiger charge is -2.31. The van der Waals surface area contributed by atoms with E-state index in [2.05, 4.69) is 6.07 Å². The van der Waals surface area contributed by atoms with Crippen LogP contribution in [0.1, 0.15) is 60.5 Å². The molecule has 7 nitrogen and oxygen atoms in total. The van der Waals surface area contributed by atoms with Crippen LogP contribution in [0.25, 0.3) is 10.8 Å². The van der Waals surface area contributed by atoms with E-state index < -0.39 is 23.0 Å². The fraction of sp³-hybridized carbons (Fsp3) is 0.375. The molecule has 0 radical (unpaired) electrons. The van der Waals surface area contributed by atoms with E-state index in [9.17, 15) is 19.6 Å². The Bertz CT molecular complexity index is 1620. The lowest BCUT2D eigenvalue weighted by Crippen LogP contribution is -2.43. The highest BCUT2D eigenvalue weighted by Crippen LogP contribution is 2.62. The second-order valence-electron chi connectivity index (χ2n) is 11.4. The molecular formula is C32H28N2O5. The minimum Gasteiger partial charge on any atom is -0.493 e. The summed E-state index contributed by atoms with van der Waals surface area (Å²) in [6.45, 7) is 2.29. The van der Waals surface area contributed by atoms with Crippen LogP contribution in [0.15, 0.2) is 54.6 Å². The molecule has 3 aromatic carbocycles. The number of ether oxygens (including phenoxy) is 2. The van der Waals surface area contributed by atoms with Gasteiger partial charge in [-0.15, -0.1) is 0 Å². The van der Waals surface area contributed by atoms with Crippen LogP contribution < -0.4 is 9.64 Å². The number of imide groups is 1. The van der Waals surface area contributed by atoms with Crippen molar-refractivity contribution >= 4 is 34.1 Å². The molecule has 3 heterocycles. The van der Waals surface area contributed by atoms with Crippen LogP contribution in [0.3, 0.4) is 0 Å². The van der Waals surface area contributed by atoms with Crippen molar-refractivity contribution in [3.05, 3.63) is 71.3 Å². The Labute approximate surface area is 226 Å². The van der Waals surface area contributed by atoms with Crippen LogP contribution >= 0.6 is 0 Å². The molecule has 0 N–H and O–H groups in total. The standard InChI is InChI=1S/C32H28N2O5/c1-31-13-14-32(39-31,15-16-38-21-10-11-23-19(17-21)5-4-8-26(23)35)28-27(31)29(36)34(30(28)37)25-12-9-20(18-33)22-6-2-3-7-24(22)25/h2-3,6-7,9-12,17,27-28H,4-5,8,13-16H2,1H3/t27-,28+,31-,32-/m1/s1. The highest BCUT2D eigenvalue weighted by molar-refractivity contribution is 6.26. The Morgan fingerprint density at radius 2 is 1.79 bits per heavy atom. The van der Waals surface area contributed by atoms with Crippen molar-refractivity contribution in [3.63, 3.8) is 0 Å². The highest BCUT2D eigenvalue weighted by atomic mass is 16.5. The largest absolute Gasteiger partial charge is 0.493 e. The average Bonchev–Trinajstić information content (AvgIpc) is 3.52. The summed E-state index contributed by atoms with van der Waals surface area (Å²) in [6, 6.07) is 18.6. The van der Waals surface area contributed by atoms with E-state index in [4.69, 9.17) is 9.47 Å². The summed E-state index contributed by atoms with van der Waals surface area (Å²) < 4.78 is 12.7. The zero-order chi connectivity index (χ0) is 26.9. The maximum absolute atomic E-state index is 14.0. The maximum Gasteiger partial charge on any atom is 0.240 e. The average molecular weight is 521 g/mol. The summed E-state index contributed by atoms with van der Waals surface area (Å²) in [4.78, 5) is 41.4. The first-order chi connectivity index (χ1) is 18.8. The van der Waals surface area contributed by atoms with Crippen LogP contribution in [-0.4, -0.2) is 35.4 Å². The molecule has 0 aromatic heterocycles. The third-order valence-corrected chi connectivity index (χ3v) is 9.30. The van der Waals surface area contributed by atoms with Crippen molar-refractivity contribution in [2.45, 2.75) is 56.7 Å². The molecule has 0 saturated carbocycles. The van der Waals surface area contributed by atoms with Crippen molar-refractivity contribution in [1.82, 2.24) is 0 Å². The third kappa shape index (κ3) is 3.41. The van der Waals surface area contributed by atoms with E-state index in [1.165, 1.54) is 4.90 Å². The number of carbonyl (C=O) groups is 3. The van der Waals surface area contributed by atoms with Gasteiger partial charge >= 0.3 is 0 Å². The van der Waals surface area contributed by atoms with Gasteiger partial charge in [-0.3, -0.25) is 14.4 Å². The summed E-state index contributed by atoms with van der Waals surface area (Å²) in [6.07, 6.45) is 4.19. The van der Waals surface area contributed by atoms with E-state index in [0.29, 0.717) is 54.7 Å². The fourth-order valence-corrected chi connectivity index (χ4v) is 7.48. The predicted molar refractivity (Wildman–Crippen MR) is 143 cm³/mol. The molecule has 196 valence electrons. The molecule has 3 aromatic rings. The lowest BCUT2D eigenvalue weighted by atomic mass is 9.67. The van der Waals surface area contributed by atoms with Crippen molar-refractivity contribution in [3.8, 4) is 11.8 Å².